The lowest BCUT2D eigenvalue weighted by molar-refractivity contribution is -0.187. The standard InChI is InChI=1S/C17H23NO4/c1-16(2)10-18(11-17(3,4)22-16)14(19)9-12-6-5-7-13(8-12)15(20)21/h5-8H,9-11H2,1-4H3,(H,20,21). The lowest BCUT2D eigenvalue weighted by atomic mass is 9.98. The molecule has 0 aromatic heterocycles. The SMILES string of the molecule is CC1(C)CN(C(=O)Cc2cccc(C(=O)O)c2)CC(C)(C)O1. The number of carbonyl (C=O) groups excluding carboxylic acids is 1. The van der Waals surface area contributed by atoms with E-state index < -0.39 is 5.97 Å². The van der Waals surface area contributed by atoms with Crippen molar-refractivity contribution < 1.29 is 19.4 Å². The number of aromatic carboxylic acids is 1. The van der Waals surface area contributed by atoms with E-state index in [0.717, 1.165) is 0 Å². The van der Waals surface area contributed by atoms with E-state index in [1.807, 2.05) is 27.7 Å². The zero-order chi connectivity index (χ0) is 16.5. The fourth-order valence-corrected chi connectivity index (χ4v) is 3.06. The van der Waals surface area contributed by atoms with Crippen LogP contribution in [0.4, 0.5) is 0 Å². The van der Waals surface area contributed by atoms with Gasteiger partial charge in [-0.2, -0.15) is 0 Å². The zero-order valence-electron chi connectivity index (χ0n) is 13.5. The maximum absolute atomic E-state index is 12.5. The molecule has 0 unspecified atom stereocenters. The first kappa shape index (κ1) is 16.5. The third kappa shape index (κ3) is 4.07. The minimum atomic E-state index is -0.983. The van der Waals surface area contributed by atoms with Crippen LogP contribution in [0.25, 0.3) is 0 Å². The monoisotopic (exact) mass is 305 g/mol. The molecule has 5 nitrogen and oxygen atoms in total. The Morgan fingerprint density at radius 2 is 1.77 bits per heavy atom. The fourth-order valence-electron chi connectivity index (χ4n) is 3.06. The number of carboxylic acid groups (broad SMARTS) is 1. The van der Waals surface area contributed by atoms with Crippen molar-refractivity contribution in [1.82, 2.24) is 4.90 Å². The van der Waals surface area contributed by atoms with Gasteiger partial charge in [-0.3, -0.25) is 4.79 Å². The normalized spacial score (nSPS) is 19.7. The average Bonchev–Trinajstić information content (AvgIpc) is 2.35. The number of morpholine rings is 1. The molecule has 0 saturated carbocycles. The van der Waals surface area contributed by atoms with Crippen LogP contribution in [0.1, 0.15) is 43.6 Å². The van der Waals surface area contributed by atoms with E-state index >= 15 is 0 Å². The van der Waals surface area contributed by atoms with Crippen LogP contribution in [0.15, 0.2) is 24.3 Å². The highest BCUT2D eigenvalue weighted by atomic mass is 16.5. The molecule has 0 atom stereocenters. The molecular formula is C17H23NO4. The second-order valence-electron chi connectivity index (χ2n) is 7.05. The summed E-state index contributed by atoms with van der Waals surface area (Å²) in [6.45, 7) is 8.96. The van der Waals surface area contributed by atoms with Crippen LogP contribution in [0, 0.1) is 0 Å². The van der Waals surface area contributed by atoms with E-state index in [0.29, 0.717) is 18.7 Å². The van der Waals surface area contributed by atoms with Crippen molar-refractivity contribution in [2.45, 2.75) is 45.3 Å². The first-order valence-electron chi connectivity index (χ1n) is 7.38. The number of nitrogens with zero attached hydrogens (tertiary/aromatic N) is 1. The summed E-state index contributed by atoms with van der Waals surface area (Å²) < 4.78 is 5.97. The predicted octanol–water partition coefficient (Wildman–Crippen LogP) is 2.34. The summed E-state index contributed by atoms with van der Waals surface area (Å²) in [6, 6.07) is 6.52. The Kier molecular flexibility index (Phi) is 4.29. The second-order valence-corrected chi connectivity index (χ2v) is 7.05. The van der Waals surface area contributed by atoms with Crippen molar-refractivity contribution in [2.75, 3.05) is 13.1 Å². The van der Waals surface area contributed by atoms with Gasteiger partial charge in [0.05, 0.1) is 23.2 Å². The van der Waals surface area contributed by atoms with Crippen LogP contribution in [-0.4, -0.2) is 46.2 Å². The van der Waals surface area contributed by atoms with Crippen molar-refractivity contribution in [1.29, 1.82) is 0 Å². The third-order valence-corrected chi connectivity index (χ3v) is 3.58. The molecule has 1 aromatic rings. The van der Waals surface area contributed by atoms with Gasteiger partial charge in [0.1, 0.15) is 0 Å². The van der Waals surface area contributed by atoms with E-state index in [2.05, 4.69) is 0 Å². The second kappa shape index (κ2) is 5.72. The first-order valence-corrected chi connectivity index (χ1v) is 7.38. The zero-order valence-corrected chi connectivity index (χ0v) is 13.5. The smallest absolute Gasteiger partial charge is 0.335 e. The first-order chi connectivity index (χ1) is 10.1. The van der Waals surface area contributed by atoms with Gasteiger partial charge in [0, 0.05) is 13.1 Å². The Morgan fingerprint density at radius 3 is 2.32 bits per heavy atom. The molecule has 1 aromatic carbocycles. The summed E-state index contributed by atoms with van der Waals surface area (Å²) in [4.78, 5) is 25.3. The van der Waals surface area contributed by atoms with Crippen molar-refractivity contribution >= 4 is 11.9 Å². The van der Waals surface area contributed by atoms with Gasteiger partial charge in [-0.25, -0.2) is 4.79 Å². The number of amides is 1. The molecule has 22 heavy (non-hydrogen) atoms. The summed E-state index contributed by atoms with van der Waals surface area (Å²) in [5, 5.41) is 9.02. The number of rotatable bonds is 3. The van der Waals surface area contributed by atoms with Crippen LogP contribution in [0.3, 0.4) is 0 Å². The number of carboxylic acids is 1. The topological polar surface area (TPSA) is 66.8 Å². The molecule has 0 spiro atoms. The van der Waals surface area contributed by atoms with Crippen molar-refractivity contribution in [2.24, 2.45) is 0 Å². The summed E-state index contributed by atoms with van der Waals surface area (Å²) in [6.07, 6.45) is 0.202. The van der Waals surface area contributed by atoms with E-state index in [1.165, 1.54) is 6.07 Å². The summed E-state index contributed by atoms with van der Waals surface area (Å²) in [5.41, 5.74) is 0.139. The number of carbonyl (C=O) groups is 2. The number of hydrogen-bond donors (Lipinski definition) is 1. The van der Waals surface area contributed by atoms with Crippen LogP contribution >= 0.6 is 0 Å². The average molecular weight is 305 g/mol. The molecule has 1 heterocycles. The van der Waals surface area contributed by atoms with Gasteiger partial charge in [-0.1, -0.05) is 12.1 Å². The number of hydrogen-bond acceptors (Lipinski definition) is 3. The Hall–Kier alpha value is -1.88. The highest BCUT2D eigenvalue weighted by Crippen LogP contribution is 2.28. The molecule has 1 saturated heterocycles. The van der Waals surface area contributed by atoms with Crippen molar-refractivity contribution in [3.8, 4) is 0 Å². The van der Waals surface area contributed by atoms with Crippen LogP contribution in [-0.2, 0) is 16.0 Å². The van der Waals surface area contributed by atoms with E-state index in [4.69, 9.17) is 9.84 Å². The van der Waals surface area contributed by atoms with Crippen molar-refractivity contribution in [3.63, 3.8) is 0 Å². The lowest BCUT2D eigenvalue weighted by Crippen LogP contribution is -2.58. The molecule has 1 N–H and O–H groups in total. The maximum Gasteiger partial charge on any atom is 0.335 e. The van der Waals surface area contributed by atoms with E-state index in [1.54, 1.807) is 23.1 Å². The Bertz CT molecular complexity index is 576. The summed E-state index contributed by atoms with van der Waals surface area (Å²) in [7, 11) is 0. The number of benzene rings is 1. The summed E-state index contributed by atoms with van der Waals surface area (Å²) >= 11 is 0. The number of ether oxygens (including phenoxy) is 1. The van der Waals surface area contributed by atoms with Crippen LogP contribution < -0.4 is 0 Å². The van der Waals surface area contributed by atoms with Gasteiger partial charge < -0.3 is 14.7 Å². The molecule has 1 amide bonds. The highest BCUT2D eigenvalue weighted by molar-refractivity contribution is 5.88. The Labute approximate surface area is 130 Å². The van der Waals surface area contributed by atoms with E-state index in [9.17, 15) is 9.59 Å². The fraction of sp³-hybridized carbons (Fsp3) is 0.529. The molecule has 1 fully saturated rings. The molecule has 1 aliphatic rings. The Balaban J connectivity index is 2.12. The maximum atomic E-state index is 12.5. The van der Waals surface area contributed by atoms with Crippen molar-refractivity contribution in [3.05, 3.63) is 35.4 Å². The molecule has 2 rings (SSSR count). The Morgan fingerprint density at radius 1 is 1.18 bits per heavy atom. The lowest BCUT2D eigenvalue weighted by Gasteiger charge is -2.47. The molecule has 1 aliphatic heterocycles. The minimum Gasteiger partial charge on any atom is -0.478 e. The van der Waals surface area contributed by atoms with Gasteiger partial charge in [0.15, 0.2) is 0 Å². The van der Waals surface area contributed by atoms with Crippen LogP contribution in [0.2, 0.25) is 0 Å². The van der Waals surface area contributed by atoms with Gasteiger partial charge >= 0.3 is 5.97 Å². The minimum absolute atomic E-state index is 0.00742. The predicted molar refractivity (Wildman–Crippen MR) is 82.9 cm³/mol. The van der Waals surface area contributed by atoms with Gasteiger partial charge in [-0.15, -0.1) is 0 Å². The molecule has 5 heteroatoms. The van der Waals surface area contributed by atoms with Gasteiger partial charge in [0.2, 0.25) is 5.91 Å². The summed E-state index contributed by atoms with van der Waals surface area (Å²) in [5.74, 6) is -0.991. The van der Waals surface area contributed by atoms with E-state index in [-0.39, 0.29) is 29.1 Å². The van der Waals surface area contributed by atoms with Crippen LogP contribution in [0.5, 0.6) is 0 Å². The molecule has 0 bridgehead atoms. The quantitative estimate of drug-likeness (QED) is 0.931. The third-order valence-electron chi connectivity index (χ3n) is 3.58. The molecule has 0 aliphatic carbocycles. The molecular weight excluding hydrogens is 282 g/mol. The van der Waals surface area contributed by atoms with Gasteiger partial charge in [0.25, 0.3) is 0 Å². The highest BCUT2D eigenvalue weighted by Gasteiger charge is 2.39. The molecule has 120 valence electrons. The molecule has 0 radical (unpaired) electrons. The largest absolute Gasteiger partial charge is 0.478 e. The van der Waals surface area contributed by atoms with Gasteiger partial charge in [-0.05, 0) is 45.4 Å².